The molecule has 3 aromatic rings. The number of amides is 1. The van der Waals surface area contributed by atoms with E-state index in [1.165, 1.54) is 11.1 Å². The van der Waals surface area contributed by atoms with Gasteiger partial charge in [0.15, 0.2) is 0 Å². The topological polar surface area (TPSA) is 64.3 Å². The number of aromatic amines is 1. The molecule has 1 fully saturated rings. The van der Waals surface area contributed by atoms with Gasteiger partial charge in [-0.3, -0.25) is 4.79 Å². The predicted molar refractivity (Wildman–Crippen MR) is 122 cm³/mol. The molecule has 30 heavy (non-hydrogen) atoms. The Labute approximate surface area is 178 Å². The number of benzene rings is 2. The average molecular weight is 406 g/mol. The Morgan fingerprint density at radius 1 is 1.20 bits per heavy atom. The number of carbonyl (C=O) groups excluding carboxylic acids is 1. The van der Waals surface area contributed by atoms with E-state index in [0.717, 1.165) is 56.0 Å². The first-order chi connectivity index (χ1) is 14.6. The van der Waals surface area contributed by atoms with E-state index in [9.17, 15) is 4.79 Å². The van der Waals surface area contributed by atoms with Gasteiger partial charge in [0.05, 0.1) is 11.0 Å². The molecule has 1 amide bonds. The third-order valence-electron chi connectivity index (χ3n) is 5.88. The summed E-state index contributed by atoms with van der Waals surface area (Å²) in [6, 6.07) is 16.7. The fraction of sp³-hybridized carbons (Fsp3) is 0.417. The minimum atomic E-state index is 0.0901. The molecule has 6 nitrogen and oxygen atoms in total. The summed E-state index contributed by atoms with van der Waals surface area (Å²) >= 11 is 0. The number of likely N-dealkylation sites (N-methyl/N-ethyl adjacent to an activating group) is 1. The molecular formula is C24H31N5O. The van der Waals surface area contributed by atoms with E-state index in [1.807, 2.05) is 6.07 Å². The molecule has 1 aliphatic heterocycles. The molecule has 1 aromatic heterocycles. The molecule has 0 atom stereocenters. The molecule has 0 bridgehead atoms. The molecule has 0 spiro atoms. The van der Waals surface area contributed by atoms with Gasteiger partial charge in [-0.1, -0.05) is 36.4 Å². The fourth-order valence-electron chi connectivity index (χ4n) is 4.10. The maximum Gasteiger partial charge on any atom is 0.223 e. The Morgan fingerprint density at radius 2 is 1.97 bits per heavy atom. The summed E-state index contributed by atoms with van der Waals surface area (Å²) in [5.74, 6) is 1.19. The normalized spacial score (nSPS) is 15.1. The van der Waals surface area contributed by atoms with Crippen LogP contribution in [0.5, 0.6) is 0 Å². The highest BCUT2D eigenvalue weighted by atomic mass is 16.1. The summed E-state index contributed by atoms with van der Waals surface area (Å²) in [6.07, 6.45) is 1.73. The van der Waals surface area contributed by atoms with E-state index in [4.69, 9.17) is 4.98 Å². The van der Waals surface area contributed by atoms with Crippen LogP contribution in [0.15, 0.2) is 48.5 Å². The van der Waals surface area contributed by atoms with E-state index >= 15 is 0 Å². The van der Waals surface area contributed by atoms with Gasteiger partial charge in [0.1, 0.15) is 0 Å². The molecule has 158 valence electrons. The van der Waals surface area contributed by atoms with Crippen LogP contribution in [0.3, 0.4) is 0 Å². The summed E-state index contributed by atoms with van der Waals surface area (Å²) < 4.78 is 0. The molecule has 0 aliphatic carbocycles. The summed E-state index contributed by atoms with van der Waals surface area (Å²) in [6.45, 7) is 6.22. The highest BCUT2D eigenvalue weighted by Crippen LogP contribution is 2.24. The molecule has 1 aliphatic rings. The van der Waals surface area contributed by atoms with E-state index in [2.05, 4.69) is 76.5 Å². The summed E-state index contributed by atoms with van der Waals surface area (Å²) in [4.78, 5) is 25.2. The van der Waals surface area contributed by atoms with E-state index in [0.29, 0.717) is 6.54 Å². The van der Waals surface area contributed by atoms with Crippen LogP contribution in [0.25, 0.3) is 11.0 Å². The lowest BCUT2D eigenvalue weighted by Gasteiger charge is -2.31. The molecule has 0 radical (unpaired) electrons. The third-order valence-corrected chi connectivity index (χ3v) is 5.88. The number of nitrogens with zero attached hydrogens (tertiary/aromatic N) is 3. The number of hydrogen-bond acceptors (Lipinski definition) is 4. The van der Waals surface area contributed by atoms with Gasteiger partial charge < -0.3 is 20.1 Å². The van der Waals surface area contributed by atoms with E-state index in [1.54, 1.807) is 0 Å². The third kappa shape index (κ3) is 5.00. The van der Waals surface area contributed by atoms with Gasteiger partial charge >= 0.3 is 0 Å². The number of piperidine rings is 1. The standard InChI is InChI=1S/C24H31N5O/c1-18-8-9-21-22(16-18)27-24(26-21)29-13-10-20(11-14-29)23(30)25-12-15-28(2)17-19-6-4-3-5-7-19/h3-9,16,20H,10-15,17H2,1-2H3,(H,25,30)(H,26,27). The molecular weight excluding hydrogens is 374 g/mol. The number of anilines is 1. The van der Waals surface area contributed by atoms with Crippen LogP contribution in [-0.4, -0.2) is 54.0 Å². The quantitative estimate of drug-likeness (QED) is 0.633. The van der Waals surface area contributed by atoms with Gasteiger partial charge in [0.2, 0.25) is 11.9 Å². The number of aromatic nitrogens is 2. The Bertz CT molecular complexity index is 976. The fourth-order valence-corrected chi connectivity index (χ4v) is 4.10. The maximum absolute atomic E-state index is 12.6. The number of aryl methyl sites for hydroxylation is 1. The van der Waals surface area contributed by atoms with Gasteiger partial charge in [-0.2, -0.15) is 0 Å². The number of carbonyl (C=O) groups is 1. The maximum atomic E-state index is 12.6. The minimum absolute atomic E-state index is 0.0901. The highest BCUT2D eigenvalue weighted by Gasteiger charge is 2.26. The monoisotopic (exact) mass is 405 g/mol. The number of fused-ring (bicyclic) bond motifs is 1. The zero-order valence-corrected chi connectivity index (χ0v) is 17.9. The van der Waals surface area contributed by atoms with Crippen molar-refractivity contribution >= 4 is 22.9 Å². The van der Waals surface area contributed by atoms with Gasteiger partial charge in [-0.25, -0.2) is 4.98 Å². The Balaban J connectivity index is 1.21. The molecule has 2 aromatic carbocycles. The van der Waals surface area contributed by atoms with Crippen molar-refractivity contribution in [2.24, 2.45) is 5.92 Å². The van der Waals surface area contributed by atoms with Gasteiger partial charge in [-0.05, 0) is 50.1 Å². The van der Waals surface area contributed by atoms with Crippen LogP contribution in [0, 0.1) is 12.8 Å². The zero-order valence-electron chi connectivity index (χ0n) is 17.9. The SMILES string of the molecule is Cc1ccc2nc(N3CCC(C(=O)NCCN(C)Cc4ccccc4)CC3)[nH]c2c1. The second-order valence-electron chi connectivity index (χ2n) is 8.36. The molecule has 6 heteroatoms. The summed E-state index contributed by atoms with van der Waals surface area (Å²) in [5, 5.41) is 3.13. The van der Waals surface area contributed by atoms with Crippen molar-refractivity contribution in [1.29, 1.82) is 0 Å². The largest absolute Gasteiger partial charge is 0.355 e. The zero-order chi connectivity index (χ0) is 20.9. The Kier molecular flexibility index (Phi) is 6.33. The van der Waals surface area contributed by atoms with E-state index < -0.39 is 0 Å². The molecule has 0 unspecified atom stereocenters. The van der Waals surface area contributed by atoms with Crippen LogP contribution < -0.4 is 10.2 Å². The van der Waals surface area contributed by atoms with Crippen molar-refractivity contribution in [3.05, 3.63) is 59.7 Å². The molecule has 1 saturated heterocycles. The first kappa shape index (κ1) is 20.4. The van der Waals surface area contributed by atoms with Crippen molar-refractivity contribution in [3.63, 3.8) is 0 Å². The first-order valence-corrected chi connectivity index (χ1v) is 10.8. The second kappa shape index (κ2) is 9.30. The van der Waals surface area contributed by atoms with Crippen LogP contribution in [0.2, 0.25) is 0 Å². The predicted octanol–water partition coefficient (Wildman–Crippen LogP) is 3.34. The lowest BCUT2D eigenvalue weighted by Crippen LogP contribution is -2.42. The first-order valence-electron chi connectivity index (χ1n) is 10.8. The van der Waals surface area contributed by atoms with Crippen molar-refractivity contribution in [2.75, 3.05) is 38.1 Å². The lowest BCUT2D eigenvalue weighted by molar-refractivity contribution is -0.125. The van der Waals surface area contributed by atoms with Crippen molar-refractivity contribution in [2.45, 2.75) is 26.3 Å². The van der Waals surface area contributed by atoms with Crippen LogP contribution in [0.4, 0.5) is 5.95 Å². The molecule has 2 N–H and O–H groups in total. The number of H-pyrrole nitrogens is 1. The second-order valence-corrected chi connectivity index (χ2v) is 8.36. The van der Waals surface area contributed by atoms with Crippen LogP contribution >= 0.6 is 0 Å². The molecule has 0 saturated carbocycles. The lowest BCUT2D eigenvalue weighted by atomic mass is 9.96. The van der Waals surface area contributed by atoms with Crippen LogP contribution in [-0.2, 0) is 11.3 Å². The molecule has 4 rings (SSSR count). The number of hydrogen-bond donors (Lipinski definition) is 2. The number of nitrogens with one attached hydrogen (secondary N) is 2. The van der Waals surface area contributed by atoms with E-state index in [-0.39, 0.29) is 11.8 Å². The number of imidazole rings is 1. The summed E-state index contributed by atoms with van der Waals surface area (Å²) in [7, 11) is 2.09. The Hall–Kier alpha value is -2.86. The highest BCUT2D eigenvalue weighted by molar-refractivity contribution is 5.80. The average Bonchev–Trinajstić information content (AvgIpc) is 3.17. The van der Waals surface area contributed by atoms with Crippen LogP contribution in [0.1, 0.15) is 24.0 Å². The van der Waals surface area contributed by atoms with Crippen molar-refractivity contribution < 1.29 is 4.79 Å². The Morgan fingerprint density at radius 3 is 2.73 bits per heavy atom. The van der Waals surface area contributed by atoms with Gasteiger partial charge in [0.25, 0.3) is 0 Å². The van der Waals surface area contributed by atoms with Gasteiger partial charge in [0, 0.05) is 38.6 Å². The van der Waals surface area contributed by atoms with Crippen molar-refractivity contribution in [3.8, 4) is 0 Å². The number of rotatable bonds is 7. The van der Waals surface area contributed by atoms with Crippen molar-refractivity contribution in [1.82, 2.24) is 20.2 Å². The minimum Gasteiger partial charge on any atom is -0.355 e. The smallest absolute Gasteiger partial charge is 0.223 e. The molecule has 2 heterocycles. The van der Waals surface area contributed by atoms with Gasteiger partial charge in [-0.15, -0.1) is 0 Å². The summed E-state index contributed by atoms with van der Waals surface area (Å²) in [5.41, 5.74) is 4.58.